The molecule has 0 saturated carbocycles. The van der Waals surface area contributed by atoms with Gasteiger partial charge in [-0.3, -0.25) is 4.79 Å². The highest BCUT2D eigenvalue weighted by atomic mass is 32.2. The summed E-state index contributed by atoms with van der Waals surface area (Å²) in [5.41, 5.74) is 3.52. The Bertz CT molecular complexity index is 1160. The lowest BCUT2D eigenvalue weighted by Gasteiger charge is -2.30. The van der Waals surface area contributed by atoms with Gasteiger partial charge >= 0.3 is 6.36 Å². The maximum absolute atomic E-state index is 13.2. The molecule has 0 spiro atoms. The van der Waals surface area contributed by atoms with Gasteiger partial charge in [0.15, 0.2) is 0 Å². The zero-order chi connectivity index (χ0) is 22.3. The first-order chi connectivity index (χ1) is 14.7. The number of carbonyl (C=O) groups is 1. The molecule has 0 N–H and O–H groups in total. The number of aromatic nitrogens is 4. The molecule has 1 aromatic carbocycles. The van der Waals surface area contributed by atoms with Gasteiger partial charge in [-0.05, 0) is 56.7 Å². The quantitative estimate of drug-likeness (QED) is 0.561. The van der Waals surface area contributed by atoms with E-state index < -0.39 is 6.36 Å². The lowest BCUT2D eigenvalue weighted by atomic mass is 10.00. The van der Waals surface area contributed by atoms with Gasteiger partial charge in [0.1, 0.15) is 5.75 Å². The Kier molecular flexibility index (Phi) is 5.54. The molecule has 0 unspecified atom stereocenters. The molecular weight excluding hydrogens is 431 g/mol. The minimum Gasteiger partial charge on any atom is -0.406 e. The van der Waals surface area contributed by atoms with Crippen LogP contribution in [0.2, 0.25) is 0 Å². The fourth-order valence-electron chi connectivity index (χ4n) is 3.81. The first kappa shape index (κ1) is 21.4. The third kappa shape index (κ3) is 4.32. The van der Waals surface area contributed by atoms with E-state index in [1.165, 1.54) is 30.0 Å². The number of alkyl halides is 3. The van der Waals surface area contributed by atoms with Crippen molar-refractivity contribution in [2.24, 2.45) is 0 Å². The minimum absolute atomic E-state index is 0.106. The maximum atomic E-state index is 13.2. The molecule has 1 amide bonds. The summed E-state index contributed by atoms with van der Waals surface area (Å²) in [4.78, 5) is 23.6. The zero-order valence-corrected chi connectivity index (χ0v) is 18.0. The highest BCUT2D eigenvalue weighted by Crippen LogP contribution is 2.33. The maximum Gasteiger partial charge on any atom is 0.573 e. The van der Waals surface area contributed by atoms with Gasteiger partial charge in [0.2, 0.25) is 11.1 Å². The van der Waals surface area contributed by atoms with Crippen molar-refractivity contribution in [3.05, 3.63) is 40.7 Å². The summed E-state index contributed by atoms with van der Waals surface area (Å²) >= 11 is 1.41. The molecule has 0 radical (unpaired) electrons. The molecule has 0 aliphatic carbocycles. The van der Waals surface area contributed by atoms with E-state index in [-0.39, 0.29) is 18.1 Å². The number of anilines is 1. The fraction of sp³-hybridized carbons (Fsp3) is 0.400. The van der Waals surface area contributed by atoms with Crippen molar-refractivity contribution in [3.63, 3.8) is 0 Å². The van der Waals surface area contributed by atoms with Crippen LogP contribution in [0.4, 0.5) is 18.9 Å². The summed E-state index contributed by atoms with van der Waals surface area (Å²) < 4.78 is 43.2. The van der Waals surface area contributed by atoms with E-state index in [0.717, 1.165) is 11.3 Å². The first-order valence-corrected chi connectivity index (χ1v) is 10.8. The molecule has 0 bridgehead atoms. The van der Waals surface area contributed by atoms with Gasteiger partial charge in [0.05, 0.1) is 6.42 Å². The van der Waals surface area contributed by atoms with Crippen LogP contribution in [0.25, 0.3) is 5.78 Å². The summed E-state index contributed by atoms with van der Waals surface area (Å²) in [7, 11) is 0. The molecule has 2 aromatic heterocycles. The molecule has 0 fully saturated rings. The van der Waals surface area contributed by atoms with E-state index >= 15 is 0 Å². The Balaban J connectivity index is 1.62. The van der Waals surface area contributed by atoms with Crippen LogP contribution >= 0.6 is 11.8 Å². The molecule has 164 valence electrons. The normalized spacial score (nSPS) is 14.1. The van der Waals surface area contributed by atoms with Crippen molar-refractivity contribution in [2.45, 2.75) is 44.6 Å². The van der Waals surface area contributed by atoms with Gasteiger partial charge < -0.3 is 9.64 Å². The van der Waals surface area contributed by atoms with E-state index in [0.29, 0.717) is 47.3 Å². The third-order valence-electron chi connectivity index (χ3n) is 5.24. The van der Waals surface area contributed by atoms with Gasteiger partial charge in [0.25, 0.3) is 5.78 Å². The van der Waals surface area contributed by atoms with Crippen LogP contribution in [0.15, 0.2) is 23.4 Å². The fourth-order valence-corrected chi connectivity index (χ4v) is 4.14. The number of rotatable bonds is 4. The van der Waals surface area contributed by atoms with Crippen molar-refractivity contribution >= 4 is 29.1 Å². The van der Waals surface area contributed by atoms with Crippen LogP contribution in [0.3, 0.4) is 0 Å². The molecule has 4 rings (SSSR count). The number of hydrogen-bond acceptors (Lipinski definition) is 6. The highest BCUT2D eigenvalue weighted by molar-refractivity contribution is 7.98. The van der Waals surface area contributed by atoms with Crippen molar-refractivity contribution in [1.29, 1.82) is 0 Å². The van der Waals surface area contributed by atoms with Gasteiger partial charge in [-0.2, -0.15) is 4.98 Å². The Morgan fingerprint density at radius 1 is 1.26 bits per heavy atom. The Morgan fingerprint density at radius 2 is 2.03 bits per heavy atom. The van der Waals surface area contributed by atoms with E-state index in [1.54, 1.807) is 9.42 Å². The number of ether oxygens (including phenoxy) is 1. The van der Waals surface area contributed by atoms with Crippen molar-refractivity contribution in [1.82, 2.24) is 19.6 Å². The topological polar surface area (TPSA) is 72.6 Å². The van der Waals surface area contributed by atoms with Crippen molar-refractivity contribution < 1.29 is 22.7 Å². The Morgan fingerprint density at radius 3 is 2.74 bits per heavy atom. The number of benzene rings is 1. The number of amides is 1. The molecule has 0 saturated heterocycles. The summed E-state index contributed by atoms with van der Waals surface area (Å²) in [6, 6.07) is 4.10. The second kappa shape index (κ2) is 8.03. The first-order valence-electron chi connectivity index (χ1n) is 9.62. The van der Waals surface area contributed by atoms with E-state index in [1.807, 2.05) is 20.1 Å². The zero-order valence-electron chi connectivity index (χ0n) is 17.2. The number of carbonyl (C=O) groups excluding carboxylic acids is 1. The molecular formula is C20H20F3N5O2S. The monoisotopic (exact) mass is 451 g/mol. The number of thioether (sulfide) groups is 1. The van der Waals surface area contributed by atoms with Gasteiger partial charge in [-0.15, -0.1) is 18.3 Å². The van der Waals surface area contributed by atoms with Crippen LogP contribution in [-0.4, -0.2) is 44.7 Å². The second-order valence-electron chi connectivity index (χ2n) is 7.24. The SMILES string of the molecule is CSc1nc2nc(C)c(CC(=O)N3CCCc4cc(OC(F)(F)F)ccc43)c(C)n2n1. The number of nitrogens with zero attached hydrogens (tertiary/aromatic N) is 5. The summed E-state index contributed by atoms with van der Waals surface area (Å²) in [5, 5.41) is 5.00. The van der Waals surface area contributed by atoms with Crippen LogP contribution < -0.4 is 9.64 Å². The Hall–Kier alpha value is -2.82. The predicted molar refractivity (Wildman–Crippen MR) is 110 cm³/mol. The molecule has 3 aromatic rings. The van der Waals surface area contributed by atoms with Gasteiger partial charge in [0, 0.05) is 29.2 Å². The smallest absolute Gasteiger partial charge is 0.406 e. The van der Waals surface area contributed by atoms with E-state index in [2.05, 4.69) is 19.8 Å². The minimum atomic E-state index is -4.75. The molecule has 3 heterocycles. The number of hydrogen-bond donors (Lipinski definition) is 0. The summed E-state index contributed by atoms with van der Waals surface area (Å²) in [6.45, 7) is 4.20. The van der Waals surface area contributed by atoms with Crippen molar-refractivity contribution in [3.8, 4) is 5.75 Å². The Labute approximate surface area is 180 Å². The summed E-state index contributed by atoms with van der Waals surface area (Å²) in [5.74, 6) is 0.0525. The second-order valence-corrected chi connectivity index (χ2v) is 8.01. The predicted octanol–water partition coefficient (Wildman–Crippen LogP) is 3.88. The molecule has 0 atom stereocenters. The largest absolute Gasteiger partial charge is 0.573 e. The number of fused-ring (bicyclic) bond motifs is 2. The average Bonchev–Trinajstić information content (AvgIpc) is 3.12. The van der Waals surface area contributed by atoms with Crippen LogP contribution in [0.5, 0.6) is 5.75 Å². The lowest BCUT2D eigenvalue weighted by Crippen LogP contribution is -2.37. The standard InChI is InChI=1S/C20H20F3N5O2S/c1-11-15(12(2)28-18(24-11)25-19(26-28)31-3)10-17(29)27-8-4-5-13-9-14(6-7-16(13)27)30-20(21,22)23/h6-7,9H,4-5,8,10H2,1-3H3. The third-order valence-corrected chi connectivity index (χ3v) is 5.78. The highest BCUT2D eigenvalue weighted by Gasteiger charge is 2.32. The van der Waals surface area contributed by atoms with Crippen LogP contribution in [0, 0.1) is 13.8 Å². The molecule has 31 heavy (non-hydrogen) atoms. The number of halogens is 3. The lowest BCUT2D eigenvalue weighted by molar-refractivity contribution is -0.274. The van der Waals surface area contributed by atoms with Gasteiger partial charge in [-0.25, -0.2) is 9.50 Å². The molecule has 1 aliphatic heterocycles. The van der Waals surface area contributed by atoms with Gasteiger partial charge in [-0.1, -0.05) is 11.8 Å². The van der Waals surface area contributed by atoms with Crippen LogP contribution in [0.1, 0.15) is 28.9 Å². The molecule has 1 aliphatic rings. The average molecular weight is 451 g/mol. The van der Waals surface area contributed by atoms with Crippen LogP contribution in [-0.2, 0) is 17.6 Å². The molecule has 11 heteroatoms. The summed E-state index contributed by atoms with van der Waals surface area (Å²) in [6.07, 6.45) is -1.54. The number of aryl methyl sites for hydroxylation is 3. The molecule has 7 nitrogen and oxygen atoms in total. The van der Waals surface area contributed by atoms with E-state index in [4.69, 9.17) is 0 Å². The van der Waals surface area contributed by atoms with Crippen molar-refractivity contribution in [2.75, 3.05) is 17.7 Å². The van der Waals surface area contributed by atoms with E-state index in [9.17, 15) is 18.0 Å².